The van der Waals surface area contributed by atoms with Crippen molar-refractivity contribution >= 4 is 0 Å². The first-order valence-electron chi connectivity index (χ1n) is 5.66. The van der Waals surface area contributed by atoms with Crippen molar-refractivity contribution in [2.45, 2.75) is 20.2 Å². The maximum atomic E-state index is 12.4. The van der Waals surface area contributed by atoms with Crippen molar-refractivity contribution in [1.82, 2.24) is 4.98 Å². The molecule has 1 heterocycles. The molecule has 19 heavy (non-hydrogen) atoms. The minimum Gasteiger partial charge on any atom is -0.405 e. The summed E-state index contributed by atoms with van der Waals surface area (Å²) in [5, 5.41) is 0. The van der Waals surface area contributed by atoms with E-state index in [1.807, 2.05) is 6.92 Å². The van der Waals surface area contributed by atoms with Gasteiger partial charge in [0.2, 0.25) is 0 Å². The van der Waals surface area contributed by atoms with E-state index in [-0.39, 0.29) is 5.75 Å². The number of para-hydroxylation sites is 1. The highest BCUT2D eigenvalue weighted by Crippen LogP contribution is 2.36. The molecule has 100 valence electrons. The Hall–Kier alpha value is -2.04. The Balaban J connectivity index is 2.57. The quantitative estimate of drug-likeness (QED) is 0.810. The number of aryl methyl sites for hydroxylation is 2. The third kappa shape index (κ3) is 3.05. The van der Waals surface area contributed by atoms with Gasteiger partial charge >= 0.3 is 6.36 Å². The van der Waals surface area contributed by atoms with Crippen LogP contribution in [-0.2, 0) is 0 Å². The van der Waals surface area contributed by atoms with Crippen LogP contribution in [0.2, 0.25) is 0 Å². The topological polar surface area (TPSA) is 22.1 Å². The number of rotatable bonds is 2. The van der Waals surface area contributed by atoms with Gasteiger partial charge in [0.05, 0.1) is 0 Å². The summed E-state index contributed by atoms with van der Waals surface area (Å²) in [6.07, 6.45) is -3.08. The van der Waals surface area contributed by atoms with E-state index in [0.29, 0.717) is 16.8 Å². The smallest absolute Gasteiger partial charge is 0.405 e. The predicted molar refractivity (Wildman–Crippen MR) is 65.8 cm³/mol. The summed E-state index contributed by atoms with van der Waals surface area (Å²) in [5.41, 5.74) is 2.58. The van der Waals surface area contributed by atoms with Crippen LogP contribution in [0.4, 0.5) is 13.2 Å². The Morgan fingerprint density at radius 2 is 1.74 bits per heavy atom. The van der Waals surface area contributed by atoms with Gasteiger partial charge in [0.15, 0.2) is 0 Å². The van der Waals surface area contributed by atoms with Crippen LogP contribution >= 0.6 is 0 Å². The monoisotopic (exact) mass is 267 g/mol. The highest BCUT2D eigenvalue weighted by molar-refractivity contribution is 5.74. The zero-order valence-electron chi connectivity index (χ0n) is 10.5. The number of alkyl halides is 3. The Morgan fingerprint density at radius 1 is 1.05 bits per heavy atom. The number of pyridine rings is 1. The van der Waals surface area contributed by atoms with Crippen molar-refractivity contribution in [3.05, 3.63) is 47.8 Å². The van der Waals surface area contributed by atoms with Crippen LogP contribution in [0.3, 0.4) is 0 Å². The summed E-state index contributed by atoms with van der Waals surface area (Å²) < 4.78 is 41.3. The minimum absolute atomic E-state index is 0.214. The second-order valence-electron chi connectivity index (χ2n) is 4.13. The molecule has 0 bridgehead atoms. The summed E-state index contributed by atoms with van der Waals surface area (Å²) in [6, 6.07) is 7.83. The molecule has 0 atom stereocenters. The van der Waals surface area contributed by atoms with Gasteiger partial charge < -0.3 is 4.74 Å². The Labute approximate surface area is 108 Å². The van der Waals surface area contributed by atoms with Crippen LogP contribution in [0, 0.1) is 13.8 Å². The normalized spacial score (nSPS) is 11.4. The molecule has 2 aromatic rings. The molecule has 0 saturated heterocycles. The van der Waals surface area contributed by atoms with Gasteiger partial charge in [-0.25, -0.2) is 0 Å². The summed E-state index contributed by atoms with van der Waals surface area (Å²) in [5.74, 6) is -0.214. The van der Waals surface area contributed by atoms with Crippen LogP contribution in [0.25, 0.3) is 11.1 Å². The highest BCUT2D eigenvalue weighted by atomic mass is 19.4. The lowest BCUT2D eigenvalue weighted by atomic mass is 9.99. The van der Waals surface area contributed by atoms with Crippen molar-refractivity contribution in [3.63, 3.8) is 0 Å². The average Bonchev–Trinajstić information content (AvgIpc) is 2.29. The molecule has 0 radical (unpaired) electrons. The number of benzene rings is 1. The van der Waals surface area contributed by atoms with E-state index in [1.165, 1.54) is 12.1 Å². The summed E-state index contributed by atoms with van der Waals surface area (Å²) in [7, 11) is 0. The lowest BCUT2D eigenvalue weighted by molar-refractivity contribution is -0.274. The van der Waals surface area contributed by atoms with Crippen LogP contribution in [-0.4, -0.2) is 11.3 Å². The maximum Gasteiger partial charge on any atom is 0.573 e. The van der Waals surface area contributed by atoms with Gasteiger partial charge in [0, 0.05) is 23.0 Å². The first-order valence-corrected chi connectivity index (χ1v) is 5.66. The van der Waals surface area contributed by atoms with Gasteiger partial charge in [-0.3, -0.25) is 4.98 Å². The molecule has 1 aromatic carbocycles. The molecule has 0 N–H and O–H groups in total. The van der Waals surface area contributed by atoms with Crippen molar-refractivity contribution in [2.24, 2.45) is 0 Å². The average molecular weight is 267 g/mol. The standard InChI is InChI=1S/C14H12F3NO/c1-9-7-8-18-10(2)13(9)11-5-3-4-6-12(11)19-14(15,16)17/h3-8H,1-2H3. The molecule has 0 aliphatic carbocycles. The molecular formula is C14H12F3NO. The number of halogens is 3. The zero-order chi connectivity index (χ0) is 14.0. The molecule has 0 amide bonds. The fraction of sp³-hybridized carbons (Fsp3) is 0.214. The van der Waals surface area contributed by atoms with Crippen LogP contribution < -0.4 is 4.74 Å². The highest BCUT2D eigenvalue weighted by Gasteiger charge is 2.32. The van der Waals surface area contributed by atoms with Crippen molar-refractivity contribution in [1.29, 1.82) is 0 Å². The van der Waals surface area contributed by atoms with E-state index in [0.717, 1.165) is 5.56 Å². The molecule has 5 heteroatoms. The van der Waals surface area contributed by atoms with Gasteiger partial charge in [-0.15, -0.1) is 13.2 Å². The molecule has 0 unspecified atom stereocenters. The van der Waals surface area contributed by atoms with E-state index in [2.05, 4.69) is 9.72 Å². The van der Waals surface area contributed by atoms with Gasteiger partial charge in [-0.1, -0.05) is 18.2 Å². The van der Waals surface area contributed by atoms with E-state index in [4.69, 9.17) is 0 Å². The second kappa shape index (κ2) is 4.91. The fourth-order valence-electron chi connectivity index (χ4n) is 1.99. The zero-order valence-corrected chi connectivity index (χ0v) is 10.5. The molecule has 0 saturated carbocycles. The second-order valence-corrected chi connectivity index (χ2v) is 4.13. The van der Waals surface area contributed by atoms with Crippen molar-refractivity contribution in [3.8, 4) is 16.9 Å². The van der Waals surface area contributed by atoms with Gasteiger partial charge in [-0.2, -0.15) is 0 Å². The molecule has 0 spiro atoms. The van der Waals surface area contributed by atoms with E-state index in [1.54, 1.807) is 31.3 Å². The first kappa shape index (κ1) is 13.4. The molecular weight excluding hydrogens is 255 g/mol. The van der Waals surface area contributed by atoms with Gasteiger partial charge in [0.25, 0.3) is 0 Å². The molecule has 0 aliphatic heterocycles. The van der Waals surface area contributed by atoms with Crippen LogP contribution in [0.15, 0.2) is 36.5 Å². The Bertz CT molecular complexity index is 573. The van der Waals surface area contributed by atoms with Crippen LogP contribution in [0.5, 0.6) is 5.75 Å². The third-order valence-electron chi connectivity index (χ3n) is 2.73. The summed E-state index contributed by atoms with van der Waals surface area (Å²) >= 11 is 0. The summed E-state index contributed by atoms with van der Waals surface area (Å²) in [4.78, 5) is 4.12. The first-order chi connectivity index (χ1) is 8.88. The van der Waals surface area contributed by atoms with E-state index >= 15 is 0 Å². The predicted octanol–water partition coefficient (Wildman–Crippen LogP) is 4.26. The molecule has 2 rings (SSSR count). The Morgan fingerprint density at radius 3 is 2.37 bits per heavy atom. The number of ether oxygens (including phenoxy) is 1. The summed E-state index contributed by atoms with van der Waals surface area (Å²) in [6.45, 7) is 3.58. The number of aromatic nitrogens is 1. The largest absolute Gasteiger partial charge is 0.573 e. The van der Waals surface area contributed by atoms with Crippen molar-refractivity contribution < 1.29 is 17.9 Å². The molecule has 0 fully saturated rings. The molecule has 0 aliphatic rings. The lowest BCUT2D eigenvalue weighted by Crippen LogP contribution is -2.17. The maximum absolute atomic E-state index is 12.4. The SMILES string of the molecule is Cc1ccnc(C)c1-c1ccccc1OC(F)(F)F. The van der Waals surface area contributed by atoms with E-state index in [9.17, 15) is 13.2 Å². The minimum atomic E-state index is -4.71. The fourth-order valence-corrected chi connectivity index (χ4v) is 1.99. The number of hydrogen-bond acceptors (Lipinski definition) is 2. The third-order valence-corrected chi connectivity index (χ3v) is 2.73. The number of hydrogen-bond donors (Lipinski definition) is 0. The lowest BCUT2D eigenvalue weighted by Gasteiger charge is -2.15. The van der Waals surface area contributed by atoms with E-state index < -0.39 is 6.36 Å². The van der Waals surface area contributed by atoms with Crippen molar-refractivity contribution in [2.75, 3.05) is 0 Å². The van der Waals surface area contributed by atoms with Gasteiger partial charge in [-0.05, 0) is 31.5 Å². The van der Waals surface area contributed by atoms with Crippen LogP contribution in [0.1, 0.15) is 11.3 Å². The van der Waals surface area contributed by atoms with Gasteiger partial charge in [0.1, 0.15) is 5.75 Å². The Kier molecular flexibility index (Phi) is 3.46. The molecule has 2 nitrogen and oxygen atoms in total. The number of nitrogens with zero attached hydrogens (tertiary/aromatic N) is 1. The molecule has 1 aromatic heterocycles.